The summed E-state index contributed by atoms with van der Waals surface area (Å²) >= 11 is 0. The normalized spacial score (nSPS) is 11.2. The van der Waals surface area contributed by atoms with E-state index in [9.17, 15) is 0 Å². The quantitative estimate of drug-likeness (QED) is 0.134. The summed E-state index contributed by atoms with van der Waals surface area (Å²) in [6, 6.07) is 9.81. The molecule has 0 spiro atoms. The molecule has 0 aliphatic heterocycles. The van der Waals surface area contributed by atoms with Crippen LogP contribution in [0.5, 0.6) is 0 Å². The Morgan fingerprint density at radius 2 is 1.97 bits per heavy atom. The molecule has 0 unspecified atom stereocenters. The molecule has 0 atom stereocenters. The van der Waals surface area contributed by atoms with Gasteiger partial charge < -0.3 is 20.4 Å². The Kier molecular flexibility index (Phi) is 8.36. The SMILES string of the molecule is CCNC(=NCc1coc(-c2ccccc2)n1)NCCNc1ncnc2c1cnn2C.I. The molecule has 0 aliphatic carbocycles. The number of fused-ring (bicyclic) bond motifs is 1. The summed E-state index contributed by atoms with van der Waals surface area (Å²) in [5.41, 5.74) is 2.51. The van der Waals surface area contributed by atoms with Crippen molar-refractivity contribution in [3.8, 4) is 11.5 Å². The van der Waals surface area contributed by atoms with Crippen LogP contribution in [0.4, 0.5) is 5.82 Å². The summed E-state index contributed by atoms with van der Waals surface area (Å²) in [4.78, 5) is 17.7. The summed E-state index contributed by atoms with van der Waals surface area (Å²) in [5, 5.41) is 15.0. The van der Waals surface area contributed by atoms with Crippen molar-refractivity contribution in [2.75, 3.05) is 25.0 Å². The van der Waals surface area contributed by atoms with Crippen molar-refractivity contribution in [2.24, 2.45) is 12.0 Å². The number of nitrogens with one attached hydrogen (secondary N) is 3. The van der Waals surface area contributed by atoms with Gasteiger partial charge in [0.05, 0.1) is 18.1 Å². The zero-order valence-electron chi connectivity index (χ0n) is 17.9. The lowest BCUT2D eigenvalue weighted by atomic mass is 10.2. The summed E-state index contributed by atoms with van der Waals surface area (Å²) in [5.74, 6) is 2.07. The maximum absolute atomic E-state index is 5.58. The van der Waals surface area contributed by atoms with E-state index in [1.165, 1.54) is 6.33 Å². The number of hydrogen-bond acceptors (Lipinski definition) is 7. The smallest absolute Gasteiger partial charge is 0.226 e. The zero-order chi connectivity index (χ0) is 21.5. The van der Waals surface area contributed by atoms with Crippen LogP contribution in [0.3, 0.4) is 0 Å². The van der Waals surface area contributed by atoms with E-state index < -0.39 is 0 Å². The Morgan fingerprint density at radius 1 is 1.12 bits per heavy atom. The highest BCUT2D eigenvalue weighted by molar-refractivity contribution is 14.0. The fourth-order valence-electron chi connectivity index (χ4n) is 3.06. The Bertz CT molecular complexity index is 1160. The predicted molar refractivity (Wildman–Crippen MR) is 135 cm³/mol. The molecule has 3 N–H and O–H groups in total. The topological polar surface area (TPSA) is 118 Å². The van der Waals surface area contributed by atoms with Crippen LogP contribution in [0, 0.1) is 0 Å². The lowest BCUT2D eigenvalue weighted by molar-refractivity contribution is 0.572. The third-order valence-electron chi connectivity index (χ3n) is 4.56. The molecular formula is C21H26IN9O. The average Bonchev–Trinajstić information content (AvgIpc) is 3.43. The number of rotatable bonds is 8. The van der Waals surface area contributed by atoms with Gasteiger partial charge >= 0.3 is 0 Å². The van der Waals surface area contributed by atoms with E-state index in [2.05, 4.69) is 41.0 Å². The number of aryl methyl sites for hydroxylation is 1. The molecule has 4 aromatic rings. The summed E-state index contributed by atoms with van der Waals surface area (Å²) < 4.78 is 7.30. The largest absolute Gasteiger partial charge is 0.444 e. The van der Waals surface area contributed by atoms with Crippen molar-refractivity contribution in [2.45, 2.75) is 13.5 Å². The van der Waals surface area contributed by atoms with Gasteiger partial charge in [0.2, 0.25) is 5.89 Å². The van der Waals surface area contributed by atoms with Gasteiger partial charge in [0.1, 0.15) is 24.1 Å². The minimum atomic E-state index is 0. The Morgan fingerprint density at radius 3 is 2.78 bits per heavy atom. The van der Waals surface area contributed by atoms with Crippen LogP contribution < -0.4 is 16.0 Å². The second kappa shape index (κ2) is 11.4. The number of guanidine groups is 1. The van der Waals surface area contributed by atoms with Crippen LogP contribution >= 0.6 is 24.0 Å². The van der Waals surface area contributed by atoms with E-state index in [4.69, 9.17) is 4.42 Å². The number of anilines is 1. The van der Waals surface area contributed by atoms with Crippen molar-refractivity contribution in [1.29, 1.82) is 0 Å². The number of hydrogen-bond donors (Lipinski definition) is 3. The number of benzene rings is 1. The fraction of sp³-hybridized carbons (Fsp3) is 0.286. The lowest BCUT2D eigenvalue weighted by Crippen LogP contribution is -2.39. The molecule has 4 rings (SSSR count). The van der Waals surface area contributed by atoms with Gasteiger partial charge in [0.25, 0.3) is 0 Å². The first-order valence-corrected chi connectivity index (χ1v) is 10.1. The van der Waals surface area contributed by atoms with Gasteiger partial charge in [-0.05, 0) is 19.1 Å². The van der Waals surface area contributed by atoms with Gasteiger partial charge in [-0.25, -0.2) is 19.9 Å². The third-order valence-corrected chi connectivity index (χ3v) is 4.56. The van der Waals surface area contributed by atoms with E-state index in [0.29, 0.717) is 31.5 Å². The van der Waals surface area contributed by atoms with Crippen LogP contribution in [0.15, 0.2) is 58.5 Å². The van der Waals surface area contributed by atoms with Crippen LogP contribution in [-0.4, -0.2) is 50.3 Å². The van der Waals surface area contributed by atoms with E-state index in [1.807, 2.05) is 44.3 Å². The van der Waals surface area contributed by atoms with Crippen molar-refractivity contribution < 1.29 is 4.42 Å². The number of nitrogens with zero attached hydrogens (tertiary/aromatic N) is 6. The first-order chi connectivity index (χ1) is 15.2. The average molecular weight is 547 g/mol. The molecule has 10 nitrogen and oxygen atoms in total. The van der Waals surface area contributed by atoms with Crippen molar-refractivity contribution in [1.82, 2.24) is 35.4 Å². The summed E-state index contributed by atoms with van der Waals surface area (Å²) in [6.07, 6.45) is 4.94. The van der Waals surface area contributed by atoms with Crippen LogP contribution in [0.1, 0.15) is 12.6 Å². The maximum atomic E-state index is 5.58. The van der Waals surface area contributed by atoms with Crippen LogP contribution in [0.25, 0.3) is 22.5 Å². The minimum absolute atomic E-state index is 0. The molecule has 11 heteroatoms. The van der Waals surface area contributed by atoms with Gasteiger partial charge in [0.15, 0.2) is 11.6 Å². The number of aromatic nitrogens is 5. The lowest BCUT2D eigenvalue weighted by Gasteiger charge is -2.12. The second-order valence-corrected chi connectivity index (χ2v) is 6.79. The molecule has 0 saturated carbocycles. The van der Waals surface area contributed by atoms with Crippen LogP contribution in [-0.2, 0) is 13.6 Å². The van der Waals surface area contributed by atoms with Crippen LogP contribution in [0.2, 0.25) is 0 Å². The number of aliphatic imine (C=N–C) groups is 1. The molecule has 168 valence electrons. The van der Waals surface area contributed by atoms with E-state index in [1.54, 1.807) is 17.1 Å². The minimum Gasteiger partial charge on any atom is -0.444 e. The van der Waals surface area contributed by atoms with Gasteiger partial charge in [-0.3, -0.25) is 4.68 Å². The highest BCUT2D eigenvalue weighted by Crippen LogP contribution is 2.18. The molecule has 1 aromatic carbocycles. The molecule has 0 bridgehead atoms. The van der Waals surface area contributed by atoms with Gasteiger partial charge in [-0.1, -0.05) is 18.2 Å². The summed E-state index contributed by atoms with van der Waals surface area (Å²) in [7, 11) is 1.86. The van der Waals surface area contributed by atoms with E-state index >= 15 is 0 Å². The van der Waals surface area contributed by atoms with Gasteiger partial charge in [-0.2, -0.15) is 5.10 Å². The highest BCUT2D eigenvalue weighted by atomic mass is 127. The van der Waals surface area contributed by atoms with E-state index in [-0.39, 0.29) is 24.0 Å². The number of halogens is 1. The number of oxazole rings is 1. The molecule has 0 aliphatic rings. The Labute approximate surface area is 203 Å². The predicted octanol–water partition coefficient (Wildman–Crippen LogP) is 2.80. The summed E-state index contributed by atoms with van der Waals surface area (Å²) in [6.45, 7) is 4.52. The van der Waals surface area contributed by atoms with Crippen molar-refractivity contribution in [3.63, 3.8) is 0 Å². The molecule has 0 amide bonds. The van der Waals surface area contributed by atoms with Gasteiger partial charge in [-0.15, -0.1) is 24.0 Å². The standard InChI is InChI=1S/C21H25N9O.HI/c1-3-22-21(25-11-16-13-31-20(29-16)15-7-5-4-6-8-15)24-10-9-23-18-17-12-28-30(2)19(17)27-14-26-18;/h4-8,12-14H,3,9-11H2,1-2H3,(H2,22,24,25)(H,23,26,27);1H. The molecule has 32 heavy (non-hydrogen) atoms. The third kappa shape index (κ3) is 5.72. The molecule has 3 heterocycles. The second-order valence-electron chi connectivity index (χ2n) is 6.79. The molecule has 0 radical (unpaired) electrons. The van der Waals surface area contributed by atoms with E-state index in [0.717, 1.165) is 34.7 Å². The zero-order valence-corrected chi connectivity index (χ0v) is 20.3. The van der Waals surface area contributed by atoms with Crippen molar-refractivity contribution >= 4 is 46.8 Å². The molecule has 0 saturated heterocycles. The monoisotopic (exact) mass is 547 g/mol. The first kappa shape index (κ1) is 23.4. The van der Waals surface area contributed by atoms with Gasteiger partial charge in [0, 0.05) is 32.2 Å². The fourth-order valence-corrected chi connectivity index (χ4v) is 3.06. The maximum Gasteiger partial charge on any atom is 0.226 e. The molecule has 0 fully saturated rings. The van der Waals surface area contributed by atoms with Crippen molar-refractivity contribution in [3.05, 3.63) is 54.8 Å². The molecular weight excluding hydrogens is 521 g/mol. The highest BCUT2D eigenvalue weighted by Gasteiger charge is 2.08. The first-order valence-electron chi connectivity index (χ1n) is 10.1. The Hall–Kier alpha value is -3.22. The Balaban J connectivity index is 0.00000289. The molecule has 3 aromatic heterocycles.